The van der Waals surface area contributed by atoms with Gasteiger partial charge in [0, 0.05) is 18.7 Å². The van der Waals surface area contributed by atoms with E-state index >= 15 is 0 Å². The molecule has 0 saturated carbocycles. The molecule has 7 heteroatoms. The Bertz CT molecular complexity index is 691. The van der Waals surface area contributed by atoms with Crippen LogP contribution in [0.2, 0.25) is 0 Å². The van der Waals surface area contributed by atoms with Crippen molar-refractivity contribution in [3.8, 4) is 11.4 Å². The predicted molar refractivity (Wildman–Crippen MR) is 93.9 cm³/mol. The van der Waals surface area contributed by atoms with Crippen molar-refractivity contribution in [1.29, 1.82) is 0 Å². The minimum absolute atomic E-state index is 0.0827. The molecule has 2 atom stereocenters. The van der Waals surface area contributed by atoms with Crippen molar-refractivity contribution in [2.75, 3.05) is 18.8 Å². The number of morpholine rings is 1. The van der Waals surface area contributed by atoms with Crippen LogP contribution < -0.4 is 0 Å². The van der Waals surface area contributed by atoms with Gasteiger partial charge in [-0.25, -0.2) is 4.98 Å². The number of rotatable bonds is 4. The van der Waals surface area contributed by atoms with Crippen molar-refractivity contribution in [3.05, 3.63) is 29.8 Å². The number of aromatic nitrogens is 3. The molecule has 2 aromatic rings. The number of benzene rings is 1. The number of nitrogens with zero attached hydrogens (tertiary/aromatic N) is 3. The first kappa shape index (κ1) is 17.0. The standard InChI is InChI=1S/C17H22N4O2S/c1-11-4-6-14(7-5-11)16-18-17(20-19-16)24-10-15(22)21-8-12(2)23-13(3)9-21/h4-7,12-13H,8-10H2,1-3H3,(H,18,19,20)/t12-,13+. The zero-order valence-electron chi connectivity index (χ0n) is 14.2. The molecule has 1 N–H and O–H groups in total. The van der Waals surface area contributed by atoms with Gasteiger partial charge < -0.3 is 9.64 Å². The van der Waals surface area contributed by atoms with Gasteiger partial charge in [-0.2, -0.15) is 0 Å². The first-order valence-corrected chi connectivity index (χ1v) is 9.05. The number of hydrogen-bond acceptors (Lipinski definition) is 5. The van der Waals surface area contributed by atoms with E-state index in [9.17, 15) is 4.79 Å². The van der Waals surface area contributed by atoms with Gasteiger partial charge in [0.15, 0.2) is 5.82 Å². The van der Waals surface area contributed by atoms with E-state index in [-0.39, 0.29) is 18.1 Å². The Hall–Kier alpha value is -1.86. The molecule has 1 saturated heterocycles. The maximum absolute atomic E-state index is 12.4. The van der Waals surface area contributed by atoms with Gasteiger partial charge in [0.2, 0.25) is 11.1 Å². The molecule has 3 rings (SSSR count). The van der Waals surface area contributed by atoms with Crippen LogP contribution in [0.4, 0.5) is 0 Å². The summed E-state index contributed by atoms with van der Waals surface area (Å²) in [4.78, 5) is 18.7. The lowest BCUT2D eigenvalue weighted by Crippen LogP contribution is -2.48. The summed E-state index contributed by atoms with van der Waals surface area (Å²) in [5.74, 6) is 1.16. The maximum Gasteiger partial charge on any atom is 0.233 e. The van der Waals surface area contributed by atoms with E-state index < -0.39 is 0 Å². The van der Waals surface area contributed by atoms with Gasteiger partial charge in [0.1, 0.15) is 0 Å². The Kier molecular flexibility index (Phi) is 5.20. The number of ether oxygens (including phenoxy) is 1. The molecule has 0 aliphatic carbocycles. The number of nitrogens with one attached hydrogen (secondary N) is 1. The maximum atomic E-state index is 12.4. The molecule has 1 amide bonds. The summed E-state index contributed by atoms with van der Waals surface area (Å²) in [6, 6.07) is 8.09. The van der Waals surface area contributed by atoms with E-state index in [1.165, 1.54) is 17.3 Å². The smallest absolute Gasteiger partial charge is 0.233 e. The third kappa shape index (κ3) is 4.15. The summed E-state index contributed by atoms with van der Waals surface area (Å²) in [5.41, 5.74) is 2.19. The Morgan fingerprint density at radius 2 is 1.96 bits per heavy atom. The normalized spacial score (nSPS) is 21.0. The van der Waals surface area contributed by atoms with Crippen LogP contribution in [0.15, 0.2) is 29.4 Å². The Morgan fingerprint density at radius 1 is 1.29 bits per heavy atom. The van der Waals surface area contributed by atoms with E-state index in [4.69, 9.17) is 4.74 Å². The number of thioether (sulfide) groups is 1. The molecule has 1 aromatic heterocycles. The quantitative estimate of drug-likeness (QED) is 0.861. The minimum Gasteiger partial charge on any atom is -0.372 e. The third-order valence-corrected chi connectivity index (χ3v) is 4.72. The number of hydrogen-bond donors (Lipinski definition) is 1. The molecule has 2 heterocycles. The first-order chi connectivity index (χ1) is 11.5. The van der Waals surface area contributed by atoms with Gasteiger partial charge in [-0.3, -0.25) is 9.89 Å². The SMILES string of the molecule is Cc1ccc(-c2nc(SCC(=O)N3C[C@@H](C)O[C@@H](C)C3)n[nH]2)cc1. The zero-order valence-corrected chi connectivity index (χ0v) is 15.0. The van der Waals surface area contributed by atoms with Crippen LogP contribution in [0, 0.1) is 6.92 Å². The first-order valence-electron chi connectivity index (χ1n) is 8.06. The van der Waals surface area contributed by atoms with Crippen LogP contribution >= 0.6 is 11.8 Å². The summed E-state index contributed by atoms with van der Waals surface area (Å²) < 4.78 is 5.66. The van der Waals surface area contributed by atoms with Gasteiger partial charge in [-0.05, 0) is 20.8 Å². The van der Waals surface area contributed by atoms with E-state index in [1.54, 1.807) is 0 Å². The van der Waals surface area contributed by atoms with Gasteiger partial charge in [-0.1, -0.05) is 41.6 Å². The van der Waals surface area contributed by atoms with Gasteiger partial charge >= 0.3 is 0 Å². The summed E-state index contributed by atoms with van der Waals surface area (Å²) in [7, 11) is 0. The zero-order chi connectivity index (χ0) is 17.1. The van der Waals surface area contributed by atoms with E-state index in [0.717, 1.165) is 11.4 Å². The molecular formula is C17H22N4O2S. The van der Waals surface area contributed by atoms with Crippen LogP contribution in [0.1, 0.15) is 19.4 Å². The van der Waals surface area contributed by atoms with Crippen LogP contribution in [0.25, 0.3) is 11.4 Å². The highest BCUT2D eigenvalue weighted by atomic mass is 32.2. The van der Waals surface area contributed by atoms with Crippen LogP contribution in [0.3, 0.4) is 0 Å². The number of aromatic amines is 1. The number of carbonyl (C=O) groups excluding carboxylic acids is 1. The molecule has 24 heavy (non-hydrogen) atoms. The largest absolute Gasteiger partial charge is 0.372 e. The fraction of sp³-hybridized carbons (Fsp3) is 0.471. The van der Waals surface area contributed by atoms with Crippen molar-refractivity contribution >= 4 is 17.7 Å². The second kappa shape index (κ2) is 7.36. The van der Waals surface area contributed by atoms with E-state index in [1.807, 2.05) is 49.9 Å². The summed E-state index contributed by atoms with van der Waals surface area (Å²) in [6.45, 7) is 7.32. The number of H-pyrrole nitrogens is 1. The molecule has 0 bridgehead atoms. The summed E-state index contributed by atoms with van der Waals surface area (Å²) in [6.07, 6.45) is 0.165. The lowest BCUT2D eigenvalue weighted by atomic mass is 10.1. The molecule has 6 nitrogen and oxygen atoms in total. The summed E-state index contributed by atoms with van der Waals surface area (Å²) >= 11 is 1.36. The molecular weight excluding hydrogens is 324 g/mol. The number of aryl methyl sites for hydroxylation is 1. The van der Waals surface area contributed by atoms with Gasteiger partial charge in [0.25, 0.3) is 0 Å². The average molecular weight is 346 g/mol. The van der Waals surface area contributed by atoms with E-state index in [0.29, 0.717) is 24.0 Å². The van der Waals surface area contributed by atoms with Crippen molar-refractivity contribution < 1.29 is 9.53 Å². The Morgan fingerprint density at radius 3 is 2.62 bits per heavy atom. The van der Waals surface area contributed by atoms with Gasteiger partial charge in [0.05, 0.1) is 18.0 Å². The van der Waals surface area contributed by atoms with Crippen LogP contribution in [-0.2, 0) is 9.53 Å². The molecule has 0 radical (unpaired) electrons. The van der Waals surface area contributed by atoms with E-state index in [2.05, 4.69) is 15.2 Å². The molecule has 1 aromatic carbocycles. The monoisotopic (exact) mass is 346 g/mol. The van der Waals surface area contributed by atoms with Crippen molar-refractivity contribution in [2.24, 2.45) is 0 Å². The predicted octanol–water partition coefficient (Wildman–Crippen LogP) is 2.51. The van der Waals surface area contributed by atoms with Crippen LogP contribution in [-0.4, -0.2) is 57.0 Å². The lowest BCUT2D eigenvalue weighted by molar-refractivity contribution is -0.140. The molecule has 1 aliphatic rings. The second-order valence-electron chi connectivity index (χ2n) is 6.18. The molecule has 128 valence electrons. The molecule has 1 fully saturated rings. The van der Waals surface area contributed by atoms with Crippen molar-refractivity contribution in [3.63, 3.8) is 0 Å². The number of carbonyl (C=O) groups is 1. The topological polar surface area (TPSA) is 71.1 Å². The van der Waals surface area contributed by atoms with Crippen molar-refractivity contribution in [2.45, 2.75) is 38.1 Å². The summed E-state index contributed by atoms with van der Waals surface area (Å²) in [5, 5.41) is 7.72. The highest BCUT2D eigenvalue weighted by molar-refractivity contribution is 7.99. The molecule has 0 unspecified atom stereocenters. The Labute approximate surface area is 146 Å². The Balaban J connectivity index is 1.57. The third-order valence-electron chi connectivity index (χ3n) is 3.89. The second-order valence-corrected chi connectivity index (χ2v) is 7.12. The minimum atomic E-state index is 0.0827. The molecule has 1 aliphatic heterocycles. The molecule has 0 spiro atoms. The van der Waals surface area contributed by atoms with Gasteiger partial charge in [-0.15, -0.1) is 5.10 Å². The van der Waals surface area contributed by atoms with Crippen LogP contribution in [0.5, 0.6) is 0 Å². The lowest BCUT2D eigenvalue weighted by Gasteiger charge is -2.35. The highest BCUT2D eigenvalue weighted by Crippen LogP contribution is 2.20. The fourth-order valence-electron chi connectivity index (χ4n) is 2.75. The van der Waals surface area contributed by atoms with Crippen molar-refractivity contribution in [1.82, 2.24) is 20.1 Å². The fourth-order valence-corrected chi connectivity index (χ4v) is 3.45. The average Bonchev–Trinajstić information content (AvgIpc) is 3.01. The highest BCUT2D eigenvalue weighted by Gasteiger charge is 2.25. The number of amides is 1.